The Hall–Kier alpha value is -2.57. The van der Waals surface area contributed by atoms with Crippen LogP contribution < -0.4 is 5.32 Å². The van der Waals surface area contributed by atoms with Gasteiger partial charge >= 0.3 is 12.2 Å². The Balaban J connectivity index is 0.00000134. The SMILES string of the molecule is CC1C(=O)N(CCCC(=O)N2CCC3(CC3)C(O)C2)CCN1C(=O)Nc1ccc(C(F)(F)F)c(Cl)c1.COC. The highest BCUT2D eigenvalue weighted by atomic mass is 35.5. The number of carbonyl (C=O) groups is 3. The van der Waals surface area contributed by atoms with Gasteiger partial charge in [0.1, 0.15) is 6.04 Å². The topological polar surface area (TPSA) is 102 Å². The first-order chi connectivity index (χ1) is 18.3. The second-order valence-corrected chi connectivity index (χ2v) is 10.7. The van der Waals surface area contributed by atoms with Crippen LogP contribution in [0.2, 0.25) is 5.02 Å². The molecule has 4 amide bonds. The molecule has 2 aliphatic heterocycles. The fourth-order valence-corrected chi connectivity index (χ4v) is 5.30. The van der Waals surface area contributed by atoms with E-state index in [0.29, 0.717) is 26.1 Å². The number of aliphatic hydroxyl groups is 1. The van der Waals surface area contributed by atoms with Crippen LogP contribution in [0.15, 0.2) is 18.2 Å². The summed E-state index contributed by atoms with van der Waals surface area (Å²) in [7, 11) is 3.25. The number of ether oxygens (including phenoxy) is 1. The summed E-state index contributed by atoms with van der Waals surface area (Å²) in [6.45, 7) is 3.50. The zero-order chi connectivity index (χ0) is 29.0. The van der Waals surface area contributed by atoms with E-state index in [9.17, 15) is 32.7 Å². The normalized spacial score (nSPS) is 22.4. The van der Waals surface area contributed by atoms with Crippen molar-refractivity contribution in [3.63, 3.8) is 0 Å². The third kappa shape index (κ3) is 7.55. The molecule has 218 valence electrons. The number of halogens is 4. The van der Waals surface area contributed by atoms with Crippen LogP contribution >= 0.6 is 11.6 Å². The lowest BCUT2D eigenvalue weighted by Gasteiger charge is -2.39. The largest absolute Gasteiger partial charge is 0.417 e. The maximum atomic E-state index is 12.9. The summed E-state index contributed by atoms with van der Waals surface area (Å²) in [5.74, 6) is -0.295. The molecule has 2 saturated heterocycles. The molecule has 0 bridgehead atoms. The number of piperazine rings is 1. The number of nitrogens with one attached hydrogen (secondary N) is 1. The minimum Gasteiger partial charge on any atom is -0.391 e. The molecule has 1 saturated carbocycles. The fraction of sp³-hybridized carbons (Fsp3) is 0.654. The number of likely N-dealkylation sites (tertiary alicyclic amines) is 1. The summed E-state index contributed by atoms with van der Waals surface area (Å²) in [5.41, 5.74) is -0.875. The minimum absolute atomic E-state index is 0.0294. The van der Waals surface area contributed by atoms with Crippen molar-refractivity contribution in [2.45, 2.75) is 57.3 Å². The smallest absolute Gasteiger partial charge is 0.391 e. The maximum Gasteiger partial charge on any atom is 0.417 e. The van der Waals surface area contributed by atoms with Gasteiger partial charge in [-0.3, -0.25) is 9.59 Å². The number of nitrogens with zero attached hydrogens (tertiary/aromatic N) is 3. The second-order valence-electron chi connectivity index (χ2n) is 10.3. The highest BCUT2D eigenvalue weighted by molar-refractivity contribution is 6.31. The van der Waals surface area contributed by atoms with E-state index in [1.54, 1.807) is 30.9 Å². The number of benzene rings is 1. The van der Waals surface area contributed by atoms with Crippen LogP contribution in [0.5, 0.6) is 0 Å². The van der Waals surface area contributed by atoms with Gasteiger partial charge in [-0.2, -0.15) is 13.2 Å². The molecule has 2 N–H and O–H groups in total. The minimum atomic E-state index is -4.60. The lowest BCUT2D eigenvalue weighted by Crippen LogP contribution is -2.58. The Labute approximate surface area is 231 Å². The van der Waals surface area contributed by atoms with E-state index < -0.39 is 34.9 Å². The molecule has 2 heterocycles. The van der Waals surface area contributed by atoms with Crippen LogP contribution in [0.25, 0.3) is 0 Å². The highest BCUT2D eigenvalue weighted by Gasteiger charge is 2.51. The van der Waals surface area contributed by atoms with Crippen molar-refractivity contribution in [1.29, 1.82) is 0 Å². The first-order valence-corrected chi connectivity index (χ1v) is 13.3. The molecule has 9 nitrogen and oxygen atoms in total. The van der Waals surface area contributed by atoms with E-state index in [2.05, 4.69) is 10.1 Å². The summed E-state index contributed by atoms with van der Waals surface area (Å²) in [6.07, 6.45) is -1.43. The molecule has 2 unspecified atom stereocenters. The van der Waals surface area contributed by atoms with Crippen LogP contribution in [0, 0.1) is 5.41 Å². The Kier molecular flexibility index (Phi) is 10.1. The van der Waals surface area contributed by atoms with Crippen molar-refractivity contribution >= 4 is 35.1 Å². The summed E-state index contributed by atoms with van der Waals surface area (Å²) in [6, 6.07) is 1.54. The number of piperidine rings is 1. The molecule has 2 atom stereocenters. The number of anilines is 1. The predicted octanol–water partition coefficient (Wildman–Crippen LogP) is 3.84. The third-order valence-electron chi connectivity index (χ3n) is 7.58. The van der Waals surface area contributed by atoms with E-state index in [1.807, 2.05) is 0 Å². The molecule has 1 aromatic carbocycles. The van der Waals surface area contributed by atoms with Crippen LogP contribution in [0.1, 0.15) is 44.6 Å². The fourth-order valence-electron chi connectivity index (χ4n) is 5.01. The zero-order valence-electron chi connectivity index (χ0n) is 22.4. The van der Waals surface area contributed by atoms with Crippen molar-refractivity contribution < 1.29 is 37.4 Å². The van der Waals surface area contributed by atoms with Crippen molar-refractivity contribution in [2.24, 2.45) is 5.41 Å². The van der Waals surface area contributed by atoms with Gasteiger partial charge in [-0.15, -0.1) is 0 Å². The lowest BCUT2D eigenvalue weighted by molar-refractivity contribution is -0.140. The number of alkyl halides is 3. The molecule has 4 rings (SSSR count). The van der Waals surface area contributed by atoms with E-state index in [0.717, 1.165) is 37.5 Å². The van der Waals surface area contributed by atoms with E-state index in [1.165, 1.54) is 4.90 Å². The lowest BCUT2D eigenvalue weighted by atomic mass is 9.90. The molecule has 0 radical (unpaired) electrons. The van der Waals surface area contributed by atoms with Crippen molar-refractivity contribution in [3.05, 3.63) is 28.8 Å². The third-order valence-corrected chi connectivity index (χ3v) is 7.89. The predicted molar refractivity (Wildman–Crippen MR) is 139 cm³/mol. The monoisotopic (exact) mass is 576 g/mol. The number of amides is 4. The molecule has 1 spiro atoms. The van der Waals surface area contributed by atoms with E-state index in [-0.39, 0.29) is 42.4 Å². The van der Waals surface area contributed by atoms with Gasteiger partial charge in [-0.05, 0) is 56.2 Å². The number of urea groups is 1. The molecular formula is C26H36ClF3N4O5. The number of hydrogen-bond acceptors (Lipinski definition) is 5. The highest BCUT2D eigenvalue weighted by Crippen LogP contribution is 2.53. The van der Waals surface area contributed by atoms with Gasteiger partial charge in [0.2, 0.25) is 11.8 Å². The second kappa shape index (κ2) is 12.7. The number of carbonyl (C=O) groups excluding carboxylic acids is 3. The van der Waals surface area contributed by atoms with Crippen LogP contribution in [0.3, 0.4) is 0 Å². The Morgan fingerprint density at radius 2 is 1.85 bits per heavy atom. The summed E-state index contributed by atoms with van der Waals surface area (Å²) < 4.78 is 42.9. The number of hydrogen-bond donors (Lipinski definition) is 2. The van der Waals surface area contributed by atoms with Gasteiger partial charge in [0, 0.05) is 59.1 Å². The quantitative estimate of drug-likeness (QED) is 0.555. The average Bonchev–Trinajstić information content (AvgIpc) is 3.64. The van der Waals surface area contributed by atoms with E-state index >= 15 is 0 Å². The number of rotatable bonds is 5. The standard InChI is InChI=1S/C24H30ClF3N4O4.C2H6O/c1-15-21(35)30(9-2-3-20(34)31-10-8-23(6-7-23)19(33)14-31)11-12-32(15)22(36)29-16-4-5-17(18(25)13-16)24(26,27)28;1-3-2/h4-5,13,15,19,33H,2-3,6-12,14H2,1H3,(H,29,36);1-2H3. The Morgan fingerprint density at radius 3 is 2.41 bits per heavy atom. The van der Waals surface area contributed by atoms with Crippen LogP contribution in [0.4, 0.5) is 23.7 Å². The summed E-state index contributed by atoms with van der Waals surface area (Å²) >= 11 is 5.71. The Morgan fingerprint density at radius 1 is 1.18 bits per heavy atom. The van der Waals surface area contributed by atoms with Gasteiger partial charge < -0.3 is 29.9 Å². The Bertz CT molecular complexity index is 1050. The molecule has 39 heavy (non-hydrogen) atoms. The number of aliphatic hydroxyl groups excluding tert-OH is 1. The summed E-state index contributed by atoms with van der Waals surface area (Å²) in [5, 5.41) is 12.3. The molecule has 3 aliphatic rings. The first-order valence-electron chi connectivity index (χ1n) is 12.9. The van der Waals surface area contributed by atoms with Crippen molar-refractivity contribution in [3.8, 4) is 0 Å². The van der Waals surface area contributed by atoms with Crippen LogP contribution in [-0.2, 0) is 20.5 Å². The number of β-amino-alcohol motifs (C(OH)–C–C–N with tert-alkyl or cyclic N) is 1. The molecule has 0 aromatic heterocycles. The molecule has 3 fully saturated rings. The maximum absolute atomic E-state index is 12.9. The van der Waals surface area contributed by atoms with Gasteiger partial charge in [-0.1, -0.05) is 11.6 Å². The molecule has 1 aliphatic carbocycles. The molecule has 1 aromatic rings. The average molecular weight is 577 g/mol. The van der Waals surface area contributed by atoms with Crippen molar-refractivity contribution in [1.82, 2.24) is 14.7 Å². The van der Waals surface area contributed by atoms with Gasteiger partial charge in [-0.25, -0.2) is 4.79 Å². The summed E-state index contributed by atoms with van der Waals surface area (Å²) in [4.78, 5) is 42.7. The van der Waals surface area contributed by atoms with Crippen LogP contribution in [-0.4, -0.2) is 96.7 Å². The zero-order valence-corrected chi connectivity index (χ0v) is 23.1. The van der Waals surface area contributed by atoms with Crippen molar-refractivity contribution in [2.75, 3.05) is 52.3 Å². The molecular weight excluding hydrogens is 541 g/mol. The van der Waals surface area contributed by atoms with Gasteiger partial charge in [0.15, 0.2) is 0 Å². The van der Waals surface area contributed by atoms with Gasteiger partial charge in [0.25, 0.3) is 0 Å². The van der Waals surface area contributed by atoms with E-state index in [4.69, 9.17) is 11.6 Å². The van der Waals surface area contributed by atoms with Gasteiger partial charge in [0.05, 0.1) is 16.7 Å². The molecule has 13 heteroatoms. The number of methoxy groups -OCH3 is 1. The first kappa shape index (κ1) is 31.0.